The minimum Gasteiger partial charge on any atom is -0.378 e. The number of amides is 1. The second-order valence-corrected chi connectivity index (χ2v) is 4.60. The second-order valence-electron chi connectivity index (χ2n) is 4.19. The molecule has 1 aromatic heterocycles. The third-order valence-corrected chi connectivity index (χ3v) is 3.07. The van der Waals surface area contributed by atoms with Gasteiger partial charge < -0.3 is 10.6 Å². The Balaban J connectivity index is 1.95. The third-order valence-electron chi connectivity index (χ3n) is 2.72. The summed E-state index contributed by atoms with van der Waals surface area (Å²) >= 11 is 5.93. The molecule has 0 spiro atoms. The molecule has 0 bridgehead atoms. The number of nitrogens with zero attached hydrogens (tertiary/aromatic N) is 2. The Morgan fingerprint density at radius 3 is 3.00 bits per heavy atom. The number of anilines is 1. The Morgan fingerprint density at radius 2 is 2.30 bits per heavy atom. The zero-order valence-corrected chi connectivity index (χ0v) is 11.6. The van der Waals surface area contributed by atoms with Gasteiger partial charge in [0.15, 0.2) is 0 Å². The highest BCUT2D eigenvalue weighted by Gasteiger charge is 2.05. The van der Waals surface area contributed by atoms with Crippen LogP contribution < -0.4 is 10.6 Å². The fourth-order valence-corrected chi connectivity index (χ4v) is 1.86. The van der Waals surface area contributed by atoms with Gasteiger partial charge in [-0.1, -0.05) is 17.7 Å². The molecule has 5 nitrogen and oxygen atoms in total. The van der Waals surface area contributed by atoms with Gasteiger partial charge in [0, 0.05) is 24.8 Å². The number of halogens is 2. The van der Waals surface area contributed by atoms with Crippen molar-refractivity contribution in [1.29, 1.82) is 0 Å². The van der Waals surface area contributed by atoms with E-state index in [4.69, 9.17) is 11.6 Å². The van der Waals surface area contributed by atoms with Crippen LogP contribution in [0, 0.1) is 5.82 Å². The number of aromatic nitrogens is 2. The van der Waals surface area contributed by atoms with E-state index in [9.17, 15) is 9.18 Å². The van der Waals surface area contributed by atoms with E-state index in [0.29, 0.717) is 11.6 Å². The standard InChI is InChI=1S/C13H14ClFN4O/c1-16-13(20)8-19-7-11(6-18-19)17-5-9-2-3-10(15)4-12(9)14/h2-4,6-7,17H,5,8H2,1H3,(H,16,20). The van der Waals surface area contributed by atoms with Crippen LogP contribution in [0.15, 0.2) is 30.6 Å². The Labute approximate surface area is 120 Å². The van der Waals surface area contributed by atoms with E-state index in [1.165, 1.54) is 16.8 Å². The van der Waals surface area contributed by atoms with Gasteiger partial charge in [0.05, 0.1) is 11.9 Å². The molecule has 0 unspecified atom stereocenters. The molecule has 0 aliphatic rings. The highest BCUT2D eigenvalue weighted by Crippen LogP contribution is 2.18. The number of hydrogen-bond acceptors (Lipinski definition) is 3. The first-order chi connectivity index (χ1) is 9.58. The predicted octanol–water partition coefficient (Wildman–Crippen LogP) is 2.03. The molecule has 2 N–H and O–H groups in total. The van der Waals surface area contributed by atoms with Crippen LogP contribution in [-0.2, 0) is 17.9 Å². The Hall–Kier alpha value is -2.08. The van der Waals surface area contributed by atoms with Crippen molar-refractivity contribution in [2.75, 3.05) is 12.4 Å². The molecule has 0 atom stereocenters. The molecule has 0 aliphatic carbocycles. The SMILES string of the molecule is CNC(=O)Cn1cc(NCc2ccc(F)cc2Cl)cn1. The van der Waals surface area contributed by atoms with Crippen molar-refractivity contribution >= 4 is 23.2 Å². The maximum absolute atomic E-state index is 12.9. The molecule has 1 amide bonds. The molecule has 106 valence electrons. The molecule has 0 saturated carbocycles. The van der Waals surface area contributed by atoms with Gasteiger partial charge in [0.1, 0.15) is 12.4 Å². The summed E-state index contributed by atoms with van der Waals surface area (Å²) in [5.74, 6) is -0.488. The fraction of sp³-hybridized carbons (Fsp3) is 0.231. The number of benzene rings is 1. The second kappa shape index (κ2) is 6.38. The lowest BCUT2D eigenvalue weighted by Gasteiger charge is -2.06. The zero-order chi connectivity index (χ0) is 14.5. The topological polar surface area (TPSA) is 59.0 Å². The van der Waals surface area contributed by atoms with E-state index < -0.39 is 0 Å². The molecule has 2 aromatic rings. The van der Waals surface area contributed by atoms with Crippen molar-refractivity contribution in [3.63, 3.8) is 0 Å². The van der Waals surface area contributed by atoms with Crippen LogP contribution in [0.3, 0.4) is 0 Å². The summed E-state index contributed by atoms with van der Waals surface area (Å²) in [7, 11) is 1.57. The van der Waals surface area contributed by atoms with E-state index in [-0.39, 0.29) is 18.3 Å². The summed E-state index contributed by atoms with van der Waals surface area (Å²) in [4.78, 5) is 11.2. The average molecular weight is 297 g/mol. The summed E-state index contributed by atoms with van der Waals surface area (Å²) in [6, 6.07) is 4.26. The zero-order valence-electron chi connectivity index (χ0n) is 10.9. The summed E-state index contributed by atoms with van der Waals surface area (Å²) in [5.41, 5.74) is 1.54. The predicted molar refractivity (Wildman–Crippen MR) is 75.0 cm³/mol. The quantitative estimate of drug-likeness (QED) is 0.887. The van der Waals surface area contributed by atoms with E-state index in [1.807, 2.05) is 0 Å². The molecule has 0 saturated heterocycles. The highest BCUT2D eigenvalue weighted by atomic mass is 35.5. The van der Waals surface area contributed by atoms with Crippen LogP contribution in [-0.4, -0.2) is 22.7 Å². The molecule has 1 aromatic carbocycles. The van der Waals surface area contributed by atoms with Crippen LogP contribution in [0.1, 0.15) is 5.56 Å². The average Bonchev–Trinajstić information content (AvgIpc) is 2.85. The Bertz CT molecular complexity index is 614. The van der Waals surface area contributed by atoms with Gasteiger partial charge in [-0.15, -0.1) is 0 Å². The molecule has 0 fully saturated rings. The minimum absolute atomic E-state index is 0.124. The van der Waals surface area contributed by atoms with Crippen LogP contribution in [0.25, 0.3) is 0 Å². The van der Waals surface area contributed by atoms with Crippen molar-refractivity contribution < 1.29 is 9.18 Å². The maximum atomic E-state index is 12.9. The van der Waals surface area contributed by atoms with Crippen LogP contribution >= 0.6 is 11.6 Å². The monoisotopic (exact) mass is 296 g/mol. The summed E-state index contributed by atoms with van der Waals surface area (Å²) in [6.07, 6.45) is 3.33. The Morgan fingerprint density at radius 1 is 1.50 bits per heavy atom. The van der Waals surface area contributed by atoms with Crippen molar-refractivity contribution in [3.8, 4) is 0 Å². The third kappa shape index (κ3) is 3.71. The molecule has 2 rings (SSSR count). The van der Waals surface area contributed by atoms with Crippen LogP contribution in [0.5, 0.6) is 0 Å². The highest BCUT2D eigenvalue weighted by molar-refractivity contribution is 6.31. The number of rotatable bonds is 5. The molecular formula is C13H14ClFN4O. The summed E-state index contributed by atoms with van der Waals surface area (Å²) < 4.78 is 14.4. The lowest BCUT2D eigenvalue weighted by molar-refractivity contribution is -0.121. The number of nitrogens with one attached hydrogen (secondary N) is 2. The van der Waals surface area contributed by atoms with Gasteiger partial charge >= 0.3 is 0 Å². The van der Waals surface area contributed by atoms with E-state index in [2.05, 4.69) is 15.7 Å². The number of hydrogen-bond donors (Lipinski definition) is 2. The van der Waals surface area contributed by atoms with Gasteiger partial charge in [0.25, 0.3) is 0 Å². The van der Waals surface area contributed by atoms with Gasteiger partial charge in [0.2, 0.25) is 5.91 Å². The van der Waals surface area contributed by atoms with Crippen LogP contribution in [0.4, 0.5) is 10.1 Å². The molecule has 7 heteroatoms. The molecule has 0 aliphatic heterocycles. The van der Waals surface area contributed by atoms with Crippen molar-refractivity contribution in [1.82, 2.24) is 15.1 Å². The first-order valence-electron chi connectivity index (χ1n) is 5.99. The molecule has 1 heterocycles. The van der Waals surface area contributed by atoms with Gasteiger partial charge in [-0.3, -0.25) is 9.48 Å². The Kier molecular flexibility index (Phi) is 4.57. The van der Waals surface area contributed by atoms with E-state index in [1.54, 1.807) is 25.5 Å². The maximum Gasteiger partial charge on any atom is 0.241 e. The van der Waals surface area contributed by atoms with Crippen molar-refractivity contribution in [2.45, 2.75) is 13.1 Å². The summed E-state index contributed by atoms with van der Waals surface area (Å²) in [6.45, 7) is 0.611. The first-order valence-corrected chi connectivity index (χ1v) is 6.37. The first kappa shape index (κ1) is 14.3. The lowest BCUT2D eigenvalue weighted by atomic mass is 10.2. The summed E-state index contributed by atoms with van der Waals surface area (Å²) in [5, 5.41) is 10.1. The van der Waals surface area contributed by atoms with E-state index in [0.717, 1.165) is 11.3 Å². The molecule has 20 heavy (non-hydrogen) atoms. The number of carbonyl (C=O) groups excluding carboxylic acids is 1. The normalized spacial score (nSPS) is 10.3. The molecule has 0 radical (unpaired) electrons. The fourth-order valence-electron chi connectivity index (χ4n) is 1.63. The van der Waals surface area contributed by atoms with E-state index >= 15 is 0 Å². The van der Waals surface area contributed by atoms with Crippen LogP contribution in [0.2, 0.25) is 5.02 Å². The molecular weight excluding hydrogens is 283 g/mol. The van der Waals surface area contributed by atoms with Crippen molar-refractivity contribution in [2.24, 2.45) is 0 Å². The number of likely N-dealkylation sites (N-methyl/N-ethyl adjacent to an activating group) is 1. The van der Waals surface area contributed by atoms with Gasteiger partial charge in [-0.25, -0.2) is 4.39 Å². The minimum atomic E-state index is -0.364. The van der Waals surface area contributed by atoms with Gasteiger partial charge in [-0.05, 0) is 17.7 Å². The largest absolute Gasteiger partial charge is 0.378 e. The smallest absolute Gasteiger partial charge is 0.241 e. The van der Waals surface area contributed by atoms with Gasteiger partial charge in [-0.2, -0.15) is 5.10 Å². The number of carbonyl (C=O) groups is 1. The van der Waals surface area contributed by atoms with Crippen molar-refractivity contribution in [3.05, 3.63) is 47.0 Å². The lowest BCUT2D eigenvalue weighted by Crippen LogP contribution is -2.23.